The van der Waals surface area contributed by atoms with E-state index in [2.05, 4.69) is 10.6 Å². The molecule has 0 rings (SSSR count). The zero-order valence-corrected chi connectivity index (χ0v) is 19.6. The fraction of sp³-hybridized carbons (Fsp3) is 0.864. The molecule has 0 spiro atoms. The monoisotopic (exact) mass is 430 g/mol. The van der Waals surface area contributed by atoms with E-state index in [4.69, 9.17) is 9.47 Å². The Morgan fingerprint density at radius 1 is 0.867 bits per heavy atom. The van der Waals surface area contributed by atoms with Gasteiger partial charge in [-0.05, 0) is 73.6 Å². The Balaban J connectivity index is 4.13. The number of carbonyl (C=O) groups excluding carboxylic acids is 2. The zero-order chi connectivity index (χ0) is 23.2. The number of ether oxygens (including phenoxy) is 2. The minimum absolute atomic E-state index is 0.0391. The van der Waals surface area contributed by atoms with Gasteiger partial charge in [0.25, 0.3) is 0 Å². The van der Waals surface area contributed by atoms with E-state index in [1.54, 1.807) is 0 Å². The summed E-state index contributed by atoms with van der Waals surface area (Å²) in [5, 5.41) is 14.8. The van der Waals surface area contributed by atoms with E-state index in [0.29, 0.717) is 58.3 Å². The molecular formula is C22H42N2O6. The third kappa shape index (κ3) is 14.3. The van der Waals surface area contributed by atoms with Crippen molar-refractivity contribution in [2.24, 2.45) is 0 Å². The Bertz CT molecular complexity index is 534. The van der Waals surface area contributed by atoms with Crippen molar-refractivity contribution in [1.82, 2.24) is 10.6 Å². The van der Waals surface area contributed by atoms with Gasteiger partial charge in [0, 0.05) is 32.6 Å². The lowest BCUT2D eigenvalue weighted by Crippen LogP contribution is -2.41. The Morgan fingerprint density at radius 2 is 1.37 bits per heavy atom. The van der Waals surface area contributed by atoms with Crippen LogP contribution in [-0.2, 0) is 23.9 Å². The molecule has 0 saturated carbocycles. The Labute approximate surface area is 181 Å². The predicted molar refractivity (Wildman–Crippen MR) is 116 cm³/mol. The Hall–Kier alpha value is -1.67. The highest BCUT2D eigenvalue weighted by molar-refractivity contribution is 5.83. The lowest BCUT2D eigenvalue weighted by atomic mass is 10.0. The van der Waals surface area contributed by atoms with Gasteiger partial charge in [0.15, 0.2) is 0 Å². The number of hydrogen-bond acceptors (Lipinski definition) is 5. The SMILES string of the molecule is CCOC(C)(C)CCC(=O)NCCCC[C@H](NC(=O)CCC(C)(C)OCC)C(=O)O. The largest absolute Gasteiger partial charge is 0.480 e. The molecule has 0 radical (unpaired) electrons. The van der Waals surface area contributed by atoms with E-state index in [1.165, 1.54) is 0 Å². The summed E-state index contributed by atoms with van der Waals surface area (Å²) in [5.41, 5.74) is -0.738. The van der Waals surface area contributed by atoms with Gasteiger partial charge in [-0.2, -0.15) is 0 Å². The van der Waals surface area contributed by atoms with Crippen molar-refractivity contribution >= 4 is 17.8 Å². The van der Waals surface area contributed by atoms with Gasteiger partial charge < -0.3 is 25.2 Å². The van der Waals surface area contributed by atoms with E-state index in [-0.39, 0.29) is 23.8 Å². The van der Waals surface area contributed by atoms with Crippen LogP contribution in [0.4, 0.5) is 0 Å². The summed E-state index contributed by atoms with van der Waals surface area (Å²) in [7, 11) is 0. The van der Waals surface area contributed by atoms with Crippen LogP contribution in [0.25, 0.3) is 0 Å². The van der Waals surface area contributed by atoms with Gasteiger partial charge in [-0.25, -0.2) is 4.79 Å². The van der Waals surface area contributed by atoms with E-state index in [1.807, 2.05) is 41.5 Å². The molecule has 0 aliphatic heterocycles. The number of rotatable bonds is 17. The second-order valence-corrected chi connectivity index (χ2v) is 8.69. The maximum absolute atomic E-state index is 12.1. The van der Waals surface area contributed by atoms with Crippen molar-refractivity contribution in [3.8, 4) is 0 Å². The number of carboxylic acids is 1. The van der Waals surface area contributed by atoms with Crippen molar-refractivity contribution < 1.29 is 29.0 Å². The van der Waals surface area contributed by atoms with Gasteiger partial charge in [0.05, 0.1) is 11.2 Å². The first-order valence-electron chi connectivity index (χ1n) is 11.0. The molecule has 0 aromatic carbocycles. The average Bonchev–Trinajstić information content (AvgIpc) is 2.63. The first kappa shape index (κ1) is 28.3. The zero-order valence-electron chi connectivity index (χ0n) is 19.6. The van der Waals surface area contributed by atoms with E-state index in [9.17, 15) is 19.5 Å². The lowest BCUT2D eigenvalue weighted by molar-refractivity contribution is -0.142. The molecule has 30 heavy (non-hydrogen) atoms. The van der Waals surface area contributed by atoms with Crippen LogP contribution < -0.4 is 10.6 Å². The highest BCUT2D eigenvalue weighted by Gasteiger charge is 2.23. The topological polar surface area (TPSA) is 114 Å². The van der Waals surface area contributed by atoms with Gasteiger partial charge in [-0.15, -0.1) is 0 Å². The van der Waals surface area contributed by atoms with Gasteiger partial charge in [0.1, 0.15) is 6.04 Å². The number of hydrogen-bond donors (Lipinski definition) is 3. The first-order valence-corrected chi connectivity index (χ1v) is 11.0. The fourth-order valence-electron chi connectivity index (χ4n) is 3.07. The van der Waals surface area contributed by atoms with Gasteiger partial charge in [-0.1, -0.05) is 0 Å². The molecule has 1 atom stereocenters. The van der Waals surface area contributed by atoms with E-state index < -0.39 is 17.6 Å². The number of amides is 2. The molecule has 0 aliphatic rings. The summed E-state index contributed by atoms with van der Waals surface area (Å²) in [6, 6.07) is -0.921. The average molecular weight is 431 g/mol. The minimum Gasteiger partial charge on any atom is -0.480 e. The van der Waals surface area contributed by atoms with Crippen molar-refractivity contribution in [2.75, 3.05) is 19.8 Å². The Morgan fingerprint density at radius 3 is 1.83 bits per heavy atom. The van der Waals surface area contributed by atoms with E-state index in [0.717, 1.165) is 0 Å². The molecule has 8 heteroatoms. The molecule has 176 valence electrons. The Kier molecular flexibility index (Phi) is 13.6. The summed E-state index contributed by atoms with van der Waals surface area (Å²) < 4.78 is 11.1. The van der Waals surface area contributed by atoms with Crippen LogP contribution in [0.1, 0.15) is 86.5 Å². The molecular weight excluding hydrogens is 388 g/mol. The number of unbranched alkanes of at least 4 members (excludes halogenated alkanes) is 1. The van der Waals surface area contributed by atoms with Crippen LogP contribution in [0.5, 0.6) is 0 Å². The third-order valence-corrected chi connectivity index (χ3v) is 4.85. The van der Waals surface area contributed by atoms with E-state index >= 15 is 0 Å². The summed E-state index contributed by atoms with van der Waals surface area (Å²) in [5.74, 6) is -1.38. The van der Waals surface area contributed by atoms with Crippen LogP contribution in [0.15, 0.2) is 0 Å². The van der Waals surface area contributed by atoms with Crippen LogP contribution in [-0.4, -0.2) is 59.9 Å². The predicted octanol–water partition coefficient (Wildman–Crippen LogP) is 3.03. The normalized spacial score (nSPS) is 13.0. The van der Waals surface area contributed by atoms with Crippen molar-refractivity contribution in [3.63, 3.8) is 0 Å². The van der Waals surface area contributed by atoms with Crippen LogP contribution in [0.2, 0.25) is 0 Å². The van der Waals surface area contributed by atoms with Gasteiger partial charge in [0.2, 0.25) is 11.8 Å². The van der Waals surface area contributed by atoms with Crippen LogP contribution >= 0.6 is 0 Å². The van der Waals surface area contributed by atoms with Crippen molar-refractivity contribution in [1.29, 1.82) is 0 Å². The number of nitrogens with one attached hydrogen (secondary N) is 2. The molecule has 0 aliphatic carbocycles. The van der Waals surface area contributed by atoms with Gasteiger partial charge in [-0.3, -0.25) is 9.59 Å². The molecule has 0 bridgehead atoms. The molecule has 0 fully saturated rings. The summed E-state index contributed by atoms with van der Waals surface area (Å²) >= 11 is 0. The second-order valence-electron chi connectivity index (χ2n) is 8.69. The maximum Gasteiger partial charge on any atom is 0.326 e. The molecule has 0 aromatic heterocycles. The highest BCUT2D eigenvalue weighted by Crippen LogP contribution is 2.17. The molecule has 2 amide bonds. The molecule has 0 aromatic rings. The standard InChI is InChI=1S/C22H42N2O6/c1-7-29-21(3,4)14-12-18(25)23-16-10-9-11-17(20(27)28)24-19(26)13-15-22(5,6)30-8-2/h17H,7-16H2,1-6H3,(H,23,25)(H,24,26)(H,27,28)/t17-/m0/s1. The quantitative estimate of drug-likeness (QED) is 0.306. The second kappa shape index (κ2) is 14.4. The third-order valence-electron chi connectivity index (χ3n) is 4.85. The first-order chi connectivity index (χ1) is 13.9. The summed E-state index contributed by atoms with van der Waals surface area (Å²) in [4.78, 5) is 35.4. The molecule has 0 saturated heterocycles. The summed E-state index contributed by atoms with van der Waals surface area (Å²) in [6.07, 6.45) is 3.32. The summed E-state index contributed by atoms with van der Waals surface area (Å²) in [6.45, 7) is 13.2. The maximum atomic E-state index is 12.1. The molecule has 0 unspecified atom stereocenters. The molecule has 8 nitrogen and oxygen atoms in total. The smallest absolute Gasteiger partial charge is 0.326 e. The van der Waals surface area contributed by atoms with Crippen molar-refractivity contribution in [3.05, 3.63) is 0 Å². The lowest BCUT2D eigenvalue weighted by Gasteiger charge is -2.24. The number of aliphatic carboxylic acids is 1. The molecule has 3 N–H and O–H groups in total. The number of carboxylic acid groups (broad SMARTS) is 1. The highest BCUT2D eigenvalue weighted by atomic mass is 16.5. The van der Waals surface area contributed by atoms with Crippen molar-refractivity contribution in [2.45, 2.75) is 104 Å². The van der Waals surface area contributed by atoms with Gasteiger partial charge >= 0.3 is 5.97 Å². The molecule has 0 heterocycles. The van der Waals surface area contributed by atoms with Crippen LogP contribution in [0, 0.1) is 0 Å². The minimum atomic E-state index is -1.05. The van der Waals surface area contributed by atoms with Crippen LogP contribution in [0.3, 0.4) is 0 Å². The fourth-order valence-corrected chi connectivity index (χ4v) is 3.07. The number of carbonyl (C=O) groups is 3.